The fourth-order valence-electron chi connectivity index (χ4n) is 4.46. The second-order valence-corrected chi connectivity index (χ2v) is 8.10. The zero-order chi connectivity index (χ0) is 21.4. The van der Waals surface area contributed by atoms with E-state index >= 15 is 0 Å². The van der Waals surface area contributed by atoms with Crippen LogP contribution in [0, 0.1) is 12.7 Å². The zero-order valence-corrected chi connectivity index (χ0v) is 17.6. The minimum absolute atomic E-state index is 0.210. The van der Waals surface area contributed by atoms with E-state index in [2.05, 4.69) is 16.2 Å². The average molecular weight is 417 g/mol. The van der Waals surface area contributed by atoms with Crippen molar-refractivity contribution in [1.29, 1.82) is 0 Å². The molecule has 0 amide bonds. The summed E-state index contributed by atoms with van der Waals surface area (Å²) in [6.45, 7) is 1.96. The second-order valence-electron chi connectivity index (χ2n) is 8.10. The Labute approximate surface area is 180 Å². The molecule has 1 aliphatic carbocycles. The van der Waals surface area contributed by atoms with Gasteiger partial charge in [-0.1, -0.05) is 23.4 Å². The van der Waals surface area contributed by atoms with Crippen molar-refractivity contribution < 1.29 is 13.7 Å². The third kappa shape index (κ3) is 3.74. The molecule has 5 nitrogen and oxygen atoms in total. The standard InChI is InChI=1S/C25H24FN3O2/c1-16-14-29(15-27-16)22-11-8-18(13-23(22)30-2)24-21-5-3-4-19(25(21)31-28-24)12-17-6-9-20(26)10-7-17/h6-11,13-15,19H,3-5,12H2,1-2H3. The van der Waals surface area contributed by atoms with Crippen molar-refractivity contribution >= 4 is 0 Å². The van der Waals surface area contributed by atoms with Crippen LogP contribution < -0.4 is 4.74 Å². The van der Waals surface area contributed by atoms with Gasteiger partial charge >= 0.3 is 0 Å². The number of rotatable bonds is 5. The van der Waals surface area contributed by atoms with Crippen molar-refractivity contribution in [3.8, 4) is 22.7 Å². The zero-order valence-electron chi connectivity index (χ0n) is 17.6. The summed E-state index contributed by atoms with van der Waals surface area (Å²) in [5.41, 5.74) is 6.02. The number of methoxy groups -OCH3 is 1. The molecule has 0 N–H and O–H groups in total. The van der Waals surface area contributed by atoms with Gasteiger partial charge in [0.15, 0.2) is 0 Å². The third-order valence-corrected chi connectivity index (χ3v) is 6.01. The Bertz CT molecular complexity index is 1210. The first-order valence-corrected chi connectivity index (χ1v) is 10.5. The molecule has 0 bridgehead atoms. The molecule has 0 fully saturated rings. The first-order valence-electron chi connectivity index (χ1n) is 10.5. The number of hydrogen-bond donors (Lipinski definition) is 0. The largest absolute Gasteiger partial charge is 0.495 e. The highest BCUT2D eigenvalue weighted by Gasteiger charge is 2.29. The molecule has 1 aliphatic rings. The average Bonchev–Trinajstić information content (AvgIpc) is 3.42. The molecule has 1 unspecified atom stereocenters. The van der Waals surface area contributed by atoms with Gasteiger partial charge in [0.05, 0.1) is 24.8 Å². The molecule has 31 heavy (non-hydrogen) atoms. The summed E-state index contributed by atoms with van der Waals surface area (Å²) in [7, 11) is 1.67. The van der Waals surface area contributed by atoms with Crippen LogP contribution in [-0.2, 0) is 12.8 Å². The Morgan fingerprint density at radius 3 is 2.77 bits per heavy atom. The number of aryl methyl sites for hydroxylation is 1. The SMILES string of the molecule is COc1cc(-c2noc3c2CCCC3Cc2ccc(F)cc2)ccc1-n1cnc(C)c1. The van der Waals surface area contributed by atoms with Crippen LogP contribution in [0.3, 0.4) is 0 Å². The summed E-state index contributed by atoms with van der Waals surface area (Å²) < 4.78 is 26.7. The second kappa shape index (κ2) is 8.02. The van der Waals surface area contributed by atoms with Crippen molar-refractivity contribution in [3.63, 3.8) is 0 Å². The first-order chi connectivity index (χ1) is 15.1. The molecule has 158 valence electrons. The van der Waals surface area contributed by atoms with Crippen molar-refractivity contribution in [2.24, 2.45) is 0 Å². The number of aromatic nitrogens is 3. The number of fused-ring (bicyclic) bond motifs is 1. The number of hydrogen-bond acceptors (Lipinski definition) is 4. The Morgan fingerprint density at radius 2 is 2.03 bits per heavy atom. The maximum Gasteiger partial charge on any atom is 0.143 e. The quantitative estimate of drug-likeness (QED) is 0.421. The number of halogens is 1. The van der Waals surface area contributed by atoms with Crippen LogP contribution in [0.5, 0.6) is 5.75 Å². The molecule has 0 aliphatic heterocycles. The van der Waals surface area contributed by atoms with Gasteiger partial charge in [0.25, 0.3) is 0 Å². The third-order valence-electron chi connectivity index (χ3n) is 6.01. The Hall–Kier alpha value is -3.41. The molecule has 4 aromatic rings. The van der Waals surface area contributed by atoms with E-state index in [1.807, 2.05) is 42.0 Å². The van der Waals surface area contributed by atoms with Crippen molar-refractivity contribution in [3.05, 3.63) is 83.4 Å². The molecule has 0 saturated heterocycles. The predicted molar refractivity (Wildman–Crippen MR) is 116 cm³/mol. The summed E-state index contributed by atoms with van der Waals surface area (Å²) in [5.74, 6) is 1.76. The van der Waals surface area contributed by atoms with Crippen LogP contribution in [0.15, 0.2) is 59.5 Å². The van der Waals surface area contributed by atoms with Gasteiger partial charge in [0, 0.05) is 23.2 Å². The number of ether oxygens (including phenoxy) is 1. The highest BCUT2D eigenvalue weighted by atomic mass is 19.1. The molecule has 0 saturated carbocycles. The molecule has 5 rings (SSSR count). The monoisotopic (exact) mass is 417 g/mol. The minimum atomic E-state index is -0.210. The molecule has 1 atom stereocenters. The molecular formula is C25H24FN3O2. The van der Waals surface area contributed by atoms with E-state index in [1.165, 1.54) is 17.7 Å². The van der Waals surface area contributed by atoms with Crippen LogP contribution in [0.1, 0.15) is 41.3 Å². The van der Waals surface area contributed by atoms with Crippen LogP contribution >= 0.6 is 0 Å². The first kappa shape index (κ1) is 19.5. The highest BCUT2D eigenvalue weighted by Crippen LogP contribution is 2.40. The van der Waals surface area contributed by atoms with Gasteiger partial charge in [0.1, 0.15) is 23.0 Å². The Morgan fingerprint density at radius 1 is 1.19 bits per heavy atom. The topological polar surface area (TPSA) is 53.1 Å². The van der Waals surface area contributed by atoms with Gasteiger partial charge in [-0.05, 0) is 62.4 Å². The minimum Gasteiger partial charge on any atom is -0.495 e. The highest BCUT2D eigenvalue weighted by molar-refractivity contribution is 5.68. The fourth-order valence-corrected chi connectivity index (χ4v) is 4.46. The fraction of sp³-hybridized carbons (Fsp3) is 0.280. The van der Waals surface area contributed by atoms with Gasteiger partial charge in [-0.25, -0.2) is 9.37 Å². The lowest BCUT2D eigenvalue weighted by atomic mass is 9.83. The van der Waals surface area contributed by atoms with Gasteiger partial charge in [-0.3, -0.25) is 0 Å². The lowest BCUT2D eigenvalue weighted by Gasteiger charge is -2.20. The van der Waals surface area contributed by atoms with E-state index in [9.17, 15) is 4.39 Å². The number of imidazole rings is 1. The molecule has 0 spiro atoms. The van der Waals surface area contributed by atoms with Crippen LogP contribution in [-0.4, -0.2) is 21.8 Å². The lowest BCUT2D eigenvalue weighted by molar-refractivity contribution is 0.340. The molecular weight excluding hydrogens is 393 g/mol. The lowest BCUT2D eigenvalue weighted by Crippen LogP contribution is -2.11. The van der Waals surface area contributed by atoms with E-state index in [0.29, 0.717) is 0 Å². The number of nitrogens with zero attached hydrogens (tertiary/aromatic N) is 3. The molecule has 0 radical (unpaired) electrons. The van der Waals surface area contributed by atoms with Gasteiger partial charge in [0.2, 0.25) is 0 Å². The van der Waals surface area contributed by atoms with Gasteiger partial charge < -0.3 is 13.8 Å². The molecule has 2 aromatic heterocycles. The van der Waals surface area contributed by atoms with Crippen LogP contribution in [0.4, 0.5) is 4.39 Å². The van der Waals surface area contributed by atoms with Crippen LogP contribution in [0.25, 0.3) is 16.9 Å². The molecule has 2 aromatic carbocycles. The van der Waals surface area contributed by atoms with Crippen molar-refractivity contribution in [2.75, 3.05) is 7.11 Å². The smallest absolute Gasteiger partial charge is 0.143 e. The Kier molecular flexibility index (Phi) is 5.06. The molecule has 6 heteroatoms. The Balaban J connectivity index is 1.47. The van der Waals surface area contributed by atoms with E-state index < -0.39 is 0 Å². The maximum atomic E-state index is 13.3. The van der Waals surface area contributed by atoms with Gasteiger partial charge in [-0.15, -0.1) is 0 Å². The van der Waals surface area contributed by atoms with Crippen molar-refractivity contribution in [2.45, 2.75) is 38.5 Å². The van der Waals surface area contributed by atoms with Gasteiger partial charge in [-0.2, -0.15) is 0 Å². The summed E-state index contributed by atoms with van der Waals surface area (Å²) in [6.07, 6.45) is 7.64. The maximum absolute atomic E-state index is 13.3. The molecule has 2 heterocycles. The van der Waals surface area contributed by atoms with E-state index in [-0.39, 0.29) is 11.7 Å². The van der Waals surface area contributed by atoms with E-state index in [0.717, 1.165) is 65.4 Å². The normalized spacial score (nSPS) is 15.6. The summed E-state index contributed by atoms with van der Waals surface area (Å²) in [4.78, 5) is 4.31. The number of benzene rings is 2. The van der Waals surface area contributed by atoms with E-state index in [4.69, 9.17) is 9.26 Å². The van der Waals surface area contributed by atoms with Crippen molar-refractivity contribution in [1.82, 2.24) is 14.7 Å². The predicted octanol–water partition coefficient (Wildman–Crippen LogP) is 5.65. The van der Waals surface area contributed by atoms with Crippen LogP contribution in [0.2, 0.25) is 0 Å². The van der Waals surface area contributed by atoms with E-state index in [1.54, 1.807) is 13.4 Å². The summed E-state index contributed by atoms with van der Waals surface area (Å²) >= 11 is 0. The summed E-state index contributed by atoms with van der Waals surface area (Å²) in [5, 5.41) is 4.45. The summed E-state index contributed by atoms with van der Waals surface area (Å²) in [6, 6.07) is 12.8.